The second kappa shape index (κ2) is 51.3. The van der Waals surface area contributed by atoms with E-state index in [1.54, 1.807) is 25.2 Å². The van der Waals surface area contributed by atoms with Crippen molar-refractivity contribution in [2.75, 3.05) is 0 Å². The molecule has 3 aromatic carbocycles. The molecule has 24 heteroatoms. The van der Waals surface area contributed by atoms with E-state index in [1.165, 1.54) is 61.1 Å². The highest BCUT2D eigenvalue weighted by molar-refractivity contribution is 6.09. The van der Waals surface area contributed by atoms with Crippen LogP contribution < -0.4 is 28.1 Å². The predicted octanol–water partition coefficient (Wildman–Crippen LogP) is 18.5. The van der Waals surface area contributed by atoms with Crippen LogP contribution in [0.1, 0.15) is 291 Å². The van der Waals surface area contributed by atoms with Crippen LogP contribution in [-0.4, -0.2) is 87.7 Å². The average Bonchev–Trinajstić information content (AvgIpc) is 1.57. The zero-order valence-electron chi connectivity index (χ0n) is 74.2. The molecule has 0 radical (unpaired) electrons. The van der Waals surface area contributed by atoms with Gasteiger partial charge in [-0.2, -0.15) is 0 Å². The first-order valence-electron chi connectivity index (χ1n) is 41.5. The number of rotatable bonds is 0. The Kier molecular flexibility index (Phi) is 44.4. The van der Waals surface area contributed by atoms with E-state index in [-0.39, 0.29) is 6.04 Å². The third-order valence-electron chi connectivity index (χ3n) is 17.3. The number of nitrogens with zero attached hydrogens (tertiary/aromatic N) is 24. The van der Waals surface area contributed by atoms with E-state index in [9.17, 15) is 0 Å². The van der Waals surface area contributed by atoms with Crippen LogP contribution in [0.2, 0.25) is 0 Å². The number of aromatic nitrogens is 24. The molecule has 6 aliphatic heterocycles. The Balaban J connectivity index is 0.000000433. The second-order valence-corrected chi connectivity index (χ2v) is 21.8. The number of pyridine rings is 3. The van der Waals surface area contributed by atoms with Crippen molar-refractivity contribution in [2.24, 2.45) is 7.05 Å². The van der Waals surface area contributed by atoms with Crippen LogP contribution in [0.4, 0.5) is 0 Å². The number of benzene rings is 3. The minimum Gasteiger partial charge on any atom is -0.344 e. The molecule has 20 rings (SSSR count). The fraction of sp³-hybridized carbons (Fsp3) is 0.443. The zero-order valence-corrected chi connectivity index (χ0v) is 74.2. The van der Waals surface area contributed by atoms with Crippen molar-refractivity contribution in [1.29, 1.82) is 0 Å². The maximum Gasteiger partial charge on any atom is 0.307 e. The average molecular weight is 1530 g/mol. The number of hydrogen-bond acceptors (Lipinski definition) is 11. The van der Waals surface area contributed by atoms with Gasteiger partial charge in [0, 0.05) is 75.5 Å². The summed E-state index contributed by atoms with van der Waals surface area (Å²) in [6.45, 7) is 64.9. The van der Waals surface area contributed by atoms with Crippen LogP contribution in [0.5, 0.6) is 0 Å². The van der Waals surface area contributed by atoms with Gasteiger partial charge in [0.25, 0.3) is 0 Å². The maximum absolute atomic E-state index is 4.45. The lowest BCUT2D eigenvalue weighted by Gasteiger charge is -2.02. The summed E-state index contributed by atoms with van der Waals surface area (Å²) in [6, 6.07) is 31.6. The van der Waals surface area contributed by atoms with E-state index >= 15 is 0 Å². The quantitative estimate of drug-likeness (QED) is 0.131. The fourth-order valence-corrected chi connectivity index (χ4v) is 12.7. The molecule has 604 valence electrons. The van der Waals surface area contributed by atoms with E-state index < -0.39 is 0 Å². The van der Waals surface area contributed by atoms with Gasteiger partial charge in [-0.3, -0.25) is 15.0 Å². The Bertz CT molecular complexity index is 4360. The molecule has 0 bridgehead atoms. The van der Waals surface area contributed by atoms with Crippen molar-refractivity contribution >= 4 is 21.8 Å². The van der Waals surface area contributed by atoms with Gasteiger partial charge in [0.15, 0.2) is 18.3 Å². The molecule has 0 spiro atoms. The van der Waals surface area contributed by atoms with E-state index in [0.29, 0.717) is 30.2 Å². The molecule has 0 aliphatic carbocycles. The van der Waals surface area contributed by atoms with Crippen molar-refractivity contribution in [3.63, 3.8) is 0 Å². The molecular formula is C88H138N24+6. The first-order valence-corrected chi connectivity index (χ1v) is 41.5. The molecule has 14 aromatic rings. The van der Waals surface area contributed by atoms with E-state index in [1.807, 2.05) is 314 Å². The van der Waals surface area contributed by atoms with Gasteiger partial charge in [-0.15, -0.1) is 51.5 Å². The molecule has 0 saturated carbocycles. The Morgan fingerprint density at radius 3 is 1.23 bits per heavy atom. The Hall–Kier alpha value is -11.2. The first-order chi connectivity index (χ1) is 55.1. The lowest BCUT2D eigenvalue weighted by atomic mass is 10.0. The van der Waals surface area contributed by atoms with Crippen LogP contribution in [0.3, 0.4) is 0 Å². The molecule has 0 saturated heterocycles. The topological polar surface area (TPSA) is 200 Å². The molecule has 6 atom stereocenters. The van der Waals surface area contributed by atoms with Gasteiger partial charge in [0.2, 0.25) is 37.8 Å². The minimum absolute atomic E-state index is 0.250. The van der Waals surface area contributed by atoms with Gasteiger partial charge in [-0.05, 0) is 120 Å². The molecular weight excluding hydrogens is 1390 g/mol. The van der Waals surface area contributed by atoms with E-state index in [2.05, 4.69) is 209 Å². The molecule has 0 N–H and O–H groups in total. The van der Waals surface area contributed by atoms with Crippen LogP contribution in [0.25, 0.3) is 55.9 Å². The Morgan fingerprint density at radius 2 is 0.688 bits per heavy atom. The van der Waals surface area contributed by atoms with Gasteiger partial charge >= 0.3 is 31.6 Å². The van der Waals surface area contributed by atoms with E-state index in [4.69, 9.17) is 0 Å². The number of hydrogen-bond donors (Lipinski definition) is 0. The molecule has 112 heavy (non-hydrogen) atoms. The van der Waals surface area contributed by atoms with Crippen LogP contribution in [0.15, 0.2) is 204 Å². The first kappa shape index (κ1) is 96.9. The summed E-state index contributed by atoms with van der Waals surface area (Å²) in [5.74, 6) is 0. The predicted molar refractivity (Wildman–Crippen MR) is 456 cm³/mol. The molecule has 17 heterocycles. The lowest BCUT2D eigenvalue weighted by Crippen LogP contribution is -2.40. The zero-order chi connectivity index (χ0) is 84.3. The van der Waals surface area contributed by atoms with Crippen molar-refractivity contribution in [3.05, 3.63) is 238 Å². The monoisotopic (exact) mass is 1530 g/mol. The summed E-state index contributed by atoms with van der Waals surface area (Å²) in [5, 5.41) is 7.09. The largest absolute Gasteiger partial charge is 0.344 e. The number of aryl methyl sites for hydroxylation is 1. The van der Waals surface area contributed by atoms with Crippen molar-refractivity contribution in [2.45, 2.75) is 258 Å². The Morgan fingerprint density at radius 1 is 0.286 bits per heavy atom. The van der Waals surface area contributed by atoms with Gasteiger partial charge in [0.1, 0.15) is 64.6 Å². The number of fused-ring (bicyclic) bond motifs is 21. The standard InChI is InChI=1S/C17H15N4.C10H10N3.3C9H9N4.C8H8N5.13C2H6/c1-11-13-9-14-12-5-3-4-6-15(12)19(2)16(14)10-17(13)21-18-7-8-20(11)21;1-8-9-4-2-3-5-10(9)13-7-11-6-12(8)13;1-7-8-4-10-3-2-9(8)13-6-11-5-12(7)13;1-7-8-2-3-10-4-9(8)13-6-11-5-12(7)13;1-7-9-8(3-2-4-11-9)13-6-10-5-12(7)13;1-6-8-7(2-9-3-11-8)13-5-10-4-12(6)13;13*1-2/h3-11H,1-2H3;2-8H,1H3;3*2-7H,1H3;2-6H,1H3;13*1-2H3/q6*+1;;;;;;;;;;;;;. The summed E-state index contributed by atoms with van der Waals surface area (Å²) in [7, 11) is 2.13. The van der Waals surface area contributed by atoms with Gasteiger partial charge < -0.3 is 4.57 Å². The molecule has 11 aromatic heterocycles. The molecule has 0 fully saturated rings. The molecule has 6 unspecified atom stereocenters. The third-order valence-corrected chi connectivity index (χ3v) is 17.3. The highest BCUT2D eigenvalue weighted by Gasteiger charge is 2.36. The second-order valence-electron chi connectivity index (χ2n) is 21.8. The van der Waals surface area contributed by atoms with Gasteiger partial charge in [-0.1, -0.05) is 216 Å². The highest BCUT2D eigenvalue weighted by Crippen LogP contribution is 2.36. The van der Waals surface area contributed by atoms with Crippen LogP contribution in [0, 0.1) is 0 Å². The molecule has 6 aliphatic rings. The lowest BCUT2D eigenvalue weighted by molar-refractivity contribution is -0.774. The molecule has 24 nitrogen and oxygen atoms in total. The van der Waals surface area contributed by atoms with Crippen molar-refractivity contribution < 1.29 is 28.1 Å². The normalized spacial score (nSPS) is 14.5. The SMILES string of the molecule is CC.CC.CC.CC.CC.CC.CC.CC.CC.CC.CC.CC.CC.CC1c2cc3c4ccccc4n(C)c3cc2-n2ncc[n+]21.CC1c2ccccc2-n2cnc[n+]21.CC1c2ccncc2-n2cnc[n+]21.CC1c2cnccc2-n2cnc[n+]21.CC1c2ncccc2-n2cnc[n+]21.CC1c2ncncc2-n2cnc[n+]21. The van der Waals surface area contributed by atoms with E-state index in [0.717, 1.165) is 28.5 Å². The fourth-order valence-electron chi connectivity index (χ4n) is 12.7. The summed E-state index contributed by atoms with van der Waals surface area (Å²) in [6.07, 6.45) is 34.8. The van der Waals surface area contributed by atoms with Gasteiger partial charge in [0.05, 0.1) is 29.3 Å². The summed E-state index contributed by atoms with van der Waals surface area (Å²) in [4.78, 5) is 43.3. The highest BCUT2D eigenvalue weighted by atomic mass is 15.6. The third kappa shape index (κ3) is 20.5. The minimum atomic E-state index is 0.250. The van der Waals surface area contributed by atoms with Crippen molar-refractivity contribution in [1.82, 2.24) is 87.7 Å². The van der Waals surface area contributed by atoms with Crippen LogP contribution >= 0.6 is 0 Å². The summed E-state index contributed by atoms with van der Waals surface area (Å²) in [5.41, 5.74) is 16.9. The molecule has 0 amide bonds. The summed E-state index contributed by atoms with van der Waals surface area (Å²) < 4.78 is 25.0. The summed E-state index contributed by atoms with van der Waals surface area (Å²) >= 11 is 0. The smallest absolute Gasteiger partial charge is 0.307 e. The number of para-hydroxylation sites is 2. The Labute approximate surface area is 670 Å². The maximum atomic E-state index is 4.45. The van der Waals surface area contributed by atoms with Crippen LogP contribution in [-0.2, 0) is 7.05 Å². The van der Waals surface area contributed by atoms with Crippen molar-refractivity contribution in [3.8, 4) is 34.1 Å². The van der Waals surface area contributed by atoms with Gasteiger partial charge in [-0.25, -0.2) is 9.97 Å².